The van der Waals surface area contributed by atoms with Gasteiger partial charge in [-0.05, 0) is 36.8 Å². The van der Waals surface area contributed by atoms with E-state index in [0.29, 0.717) is 44.1 Å². The van der Waals surface area contributed by atoms with E-state index in [-0.39, 0.29) is 0 Å². The van der Waals surface area contributed by atoms with Crippen LogP contribution in [0.1, 0.15) is 11.1 Å². The fraction of sp³-hybridized carbons (Fsp3) is 0.185. The molecule has 1 saturated heterocycles. The number of hydrogen-bond donors (Lipinski definition) is 1. The van der Waals surface area contributed by atoms with Crippen molar-refractivity contribution in [3.63, 3.8) is 0 Å². The second kappa shape index (κ2) is 10.8. The van der Waals surface area contributed by atoms with Gasteiger partial charge < -0.3 is 9.64 Å². The third kappa shape index (κ3) is 5.62. The van der Waals surface area contributed by atoms with E-state index in [9.17, 15) is 0 Å². The Morgan fingerprint density at radius 2 is 1.54 bits per heavy atom. The Morgan fingerprint density at radius 3 is 2.20 bits per heavy atom. The van der Waals surface area contributed by atoms with Gasteiger partial charge in [-0.2, -0.15) is 20.1 Å². The van der Waals surface area contributed by atoms with Crippen molar-refractivity contribution in [3.05, 3.63) is 96.1 Å². The predicted molar refractivity (Wildman–Crippen MR) is 140 cm³/mol. The summed E-state index contributed by atoms with van der Waals surface area (Å²) in [5.41, 5.74) is 7.08. The van der Waals surface area contributed by atoms with Crippen molar-refractivity contribution in [1.82, 2.24) is 15.0 Å². The predicted octanol–water partition coefficient (Wildman–Crippen LogP) is 4.93. The van der Waals surface area contributed by atoms with Crippen LogP contribution >= 0.6 is 0 Å². The Balaban J connectivity index is 1.54. The van der Waals surface area contributed by atoms with E-state index >= 15 is 0 Å². The Kier molecular flexibility index (Phi) is 6.91. The molecule has 0 bridgehead atoms. The van der Waals surface area contributed by atoms with E-state index in [1.165, 1.54) is 5.56 Å². The molecule has 0 spiro atoms. The van der Waals surface area contributed by atoms with E-state index in [0.717, 1.165) is 16.9 Å². The SMILES string of the molecule is Cc1cccc(/C=N/Nc2nc(N3CCOCC3)nc(N(c3ccccc3)c3ccccc3)n2)c1. The molecule has 1 aliphatic heterocycles. The van der Waals surface area contributed by atoms with Crippen molar-refractivity contribution in [2.45, 2.75) is 6.92 Å². The molecule has 2 heterocycles. The average Bonchev–Trinajstić information content (AvgIpc) is 2.91. The highest BCUT2D eigenvalue weighted by Crippen LogP contribution is 2.33. The van der Waals surface area contributed by atoms with Crippen LogP contribution in [-0.4, -0.2) is 47.5 Å². The third-order valence-electron chi connectivity index (χ3n) is 5.55. The summed E-state index contributed by atoms with van der Waals surface area (Å²) in [6.07, 6.45) is 1.76. The first kappa shape index (κ1) is 22.5. The summed E-state index contributed by atoms with van der Waals surface area (Å²) < 4.78 is 5.53. The summed E-state index contributed by atoms with van der Waals surface area (Å²) in [5, 5.41) is 4.40. The first-order valence-electron chi connectivity index (χ1n) is 11.6. The van der Waals surface area contributed by atoms with Gasteiger partial charge in [-0.1, -0.05) is 66.2 Å². The van der Waals surface area contributed by atoms with Gasteiger partial charge in [0.05, 0.1) is 19.4 Å². The highest BCUT2D eigenvalue weighted by Gasteiger charge is 2.21. The van der Waals surface area contributed by atoms with E-state index in [1.54, 1.807) is 6.21 Å². The first-order valence-corrected chi connectivity index (χ1v) is 11.6. The lowest BCUT2D eigenvalue weighted by Crippen LogP contribution is -2.37. The van der Waals surface area contributed by atoms with Crippen molar-refractivity contribution in [1.29, 1.82) is 0 Å². The van der Waals surface area contributed by atoms with Crippen LogP contribution in [0.25, 0.3) is 0 Å². The zero-order valence-electron chi connectivity index (χ0n) is 19.6. The number of aryl methyl sites for hydroxylation is 1. The summed E-state index contributed by atoms with van der Waals surface area (Å²) in [6, 6.07) is 28.3. The van der Waals surface area contributed by atoms with Gasteiger partial charge in [-0.25, -0.2) is 5.43 Å². The van der Waals surface area contributed by atoms with Crippen molar-refractivity contribution in [3.8, 4) is 0 Å². The fourth-order valence-electron chi connectivity index (χ4n) is 3.86. The molecule has 1 aliphatic rings. The molecule has 8 heteroatoms. The normalized spacial score (nSPS) is 13.7. The molecule has 0 saturated carbocycles. The van der Waals surface area contributed by atoms with Gasteiger partial charge in [-0.3, -0.25) is 4.90 Å². The molecule has 0 aliphatic carbocycles. The van der Waals surface area contributed by atoms with Gasteiger partial charge >= 0.3 is 0 Å². The minimum absolute atomic E-state index is 0.372. The van der Waals surface area contributed by atoms with Crippen LogP contribution in [0.2, 0.25) is 0 Å². The van der Waals surface area contributed by atoms with E-state index < -0.39 is 0 Å². The molecule has 176 valence electrons. The minimum atomic E-state index is 0.372. The number of anilines is 5. The van der Waals surface area contributed by atoms with Gasteiger partial charge in [-0.15, -0.1) is 0 Å². The van der Waals surface area contributed by atoms with Crippen LogP contribution in [0.15, 0.2) is 90.0 Å². The number of benzene rings is 3. The van der Waals surface area contributed by atoms with Crippen molar-refractivity contribution in [2.75, 3.05) is 41.5 Å². The molecule has 4 aromatic rings. The van der Waals surface area contributed by atoms with Crippen molar-refractivity contribution < 1.29 is 4.74 Å². The van der Waals surface area contributed by atoms with Crippen molar-refractivity contribution in [2.24, 2.45) is 5.10 Å². The summed E-state index contributed by atoms with van der Waals surface area (Å²) >= 11 is 0. The molecule has 0 atom stereocenters. The minimum Gasteiger partial charge on any atom is -0.378 e. The Bertz CT molecular complexity index is 1240. The zero-order valence-corrected chi connectivity index (χ0v) is 19.6. The average molecular weight is 466 g/mol. The molecule has 0 amide bonds. The van der Waals surface area contributed by atoms with Gasteiger partial charge in [0.1, 0.15) is 0 Å². The highest BCUT2D eigenvalue weighted by atomic mass is 16.5. The van der Waals surface area contributed by atoms with Gasteiger partial charge in [0.25, 0.3) is 0 Å². The smallest absolute Gasteiger partial charge is 0.250 e. The second-order valence-electron chi connectivity index (χ2n) is 8.15. The number of nitrogens with zero attached hydrogens (tertiary/aromatic N) is 6. The summed E-state index contributed by atoms with van der Waals surface area (Å²) in [6.45, 7) is 4.75. The molecule has 1 N–H and O–H groups in total. The highest BCUT2D eigenvalue weighted by molar-refractivity contribution is 5.80. The standard InChI is InChI=1S/C27H27N7O/c1-21-9-8-10-22(19-21)20-28-32-25-29-26(33-15-17-35-18-16-33)31-27(30-25)34(23-11-4-2-5-12-23)24-13-6-3-7-14-24/h2-14,19-20H,15-18H2,1H3,(H,29,30,31,32)/b28-20+. The van der Waals surface area contributed by atoms with E-state index in [4.69, 9.17) is 14.7 Å². The Hall–Kier alpha value is -4.30. The van der Waals surface area contributed by atoms with Crippen LogP contribution in [-0.2, 0) is 4.74 Å². The quantitative estimate of drug-likeness (QED) is 0.306. The maximum Gasteiger partial charge on any atom is 0.250 e. The Morgan fingerprint density at radius 1 is 0.857 bits per heavy atom. The molecule has 0 radical (unpaired) electrons. The lowest BCUT2D eigenvalue weighted by Gasteiger charge is -2.28. The molecule has 8 nitrogen and oxygen atoms in total. The maximum atomic E-state index is 5.53. The lowest BCUT2D eigenvalue weighted by atomic mass is 10.2. The molecule has 35 heavy (non-hydrogen) atoms. The number of morpholine rings is 1. The van der Waals surface area contributed by atoms with Crippen LogP contribution in [0.4, 0.5) is 29.2 Å². The third-order valence-corrected chi connectivity index (χ3v) is 5.55. The number of hydrazone groups is 1. The van der Waals surface area contributed by atoms with Crippen LogP contribution in [0.5, 0.6) is 0 Å². The largest absolute Gasteiger partial charge is 0.378 e. The fourth-order valence-corrected chi connectivity index (χ4v) is 3.86. The second-order valence-corrected chi connectivity index (χ2v) is 8.15. The lowest BCUT2D eigenvalue weighted by molar-refractivity contribution is 0.122. The Labute approximate surface area is 204 Å². The molecule has 3 aromatic carbocycles. The number of hydrogen-bond acceptors (Lipinski definition) is 8. The topological polar surface area (TPSA) is 78.8 Å². The monoisotopic (exact) mass is 465 g/mol. The zero-order chi connectivity index (χ0) is 23.9. The van der Waals surface area contributed by atoms with E-state index in [2.05, 4.69) is 39.5 Å². The van der Waals surface area contributed by atoms with Gasteiger partial charge in [0, 0.05) is 24.5 Å². The number of nitrogens with one attached hydrogen (secondary N) is 1. The first-order chi connectivity index (χ1) is 17.3. The van der Waals surface area contributed by atoms with Gasteiger partial charge in [0.15, 0.2) is 0 Å². The van der Waals surface area contributed by atoms with Crippen molar-refractivity contribution >= 4 is 35.4 Å². The van der Waals surface area contributed by atoms with Crippen LogP contribution < -0.4 is 15.2 Å². The summed E-state index contributed by atoms with van der Waals surface area (Å²) in [5.74, 6) is 1.47. The number of aromatic nitrogens is 3. The maximum absolute atomic E-state index is 5.53. The molecule has 1 aromatic heterocycles. The number of ether oxygens (including phenoxy) is 1. The molecule has 0 unspecified atom stereocenters. The molecule has 1 fully saturated rings. The molecule has 5 rings (SSSR count). The summed E-state index contributed by atoms with van der Waals surface area (Å²) in [7, 11) is 0. The molecular formula is C27H27N7O. The number of rotatable bonds is 7. The summed E-state index contributed by atoms with van der Waals surface area (Å²) in [4.78, 5) is 18.4. The van der Waals surface area contributed by atoms with Gasteiger partial charge in [0.2, 0.25) is 17.8 Å². The van der Waals surface area contributed by atoms with Crippen LogP contribution in [0, 0.1) is 6.92 Å². The van der Waals surface area contributed by atoms with E-state index in [1.807, 2.05) is 77.7 Å². The van der Waals surface area contributed by atoms with Crippen LogP contribution in [0.3, 0.4) is 0 Å². The molecular weight excluding hydrogens is 438 g/mol. The number of para-hydroxylation sites is 2.